The van der Waals surface area contributed by atoms with Crippen molar-refractivity contribution in [1.82, 2.24) is 9.29 Å². The summed E-state index contributed by atoms with van der Waals surface area (Å²) in [6.45, 7) is 2.43. The second-order valence-electron chi connectivity index (χ2n) is 5.77. The lowest BCUT2D eigenvalue weighted by molar-refractivity contribution is -0.0250. The fourth-order valence-electron chi connectivity index (χ4n) is 2.52. The van der Waals surface area contributed by atoms with Crippen LogP contribution in [0.5, 0.6) is 5.75 Å². The third-order valence-electron chi connectivity index (χ3n) is 3.95. The molecule has 0 amide bonds. The predicted molar refractivity (Wildman–Crippen MR) is 89.4 cm³/mol. The summed E-state index contributed by atoms with van der Waals surface area (Å²) in [7, 11) is -3.77. The molecule has 25 heavy (non-hydrogen) atoms. The topological polar surface area (TPSA) is 68.7 Å². The second-order valence-corrected chi connectivity index (χ2v) is 7.70. The van der Waals surface area contributed by atoms with Crippen molar-refractivity contribution in [3.8, 4) is 5.75 Å². The molecule has 1 fully saturated rings. The normalized spacial score (nSPS) is 18.9. The van der Waals surface area contributed by atoms with Gasteiger partial charge >= 0.3 is 0 Å². The number of hydrogen-bond donors (Lipinski definition) is 0. The number of aromatic nitrogens is 1. The summed E-state index contributed by atoms with van der Waals surface area (Å²) in [6, 6.07) is 7.45. The minimum atomic E-state index is -3.77. The summed E-state index contributed by atoms with van der Waals surface area (Å²) >= 11 is 0. The van der Waals surface area contributed by atoms with Gasteiger partial charge in [-0.3, -0.25) is 4.98 Å². The van der Waals surface area contributed by atoms with Gasteiger partial charge in [0.2, 0.25) is 10.0 Å². The van der Waals surface area contributed by atoms with E-state index < -0.39 is 21.9 Å². The van der Waals surface area contributed by atoms with Crippen LogP contribution >= 0.6 is 0 Å². The highest BCUT2D eigenvalue weighted by atomic mass is 32.2. The summed E-state index contributed by atoms with van der Waals surface area (Å²) in [4.78, 5) is 3.90. The van der Waals surface area contributed by atoms with Crippen LogP contribution in [-0.2, 0) is 14.8 Å². The summed E-state index contributed by atoms with van der Waals surface area (Å²) in [5.74, 6) is 0.0532. The molecule has 134 valence electrons. The molecule has 1 aromatic heterocycles. The van der Waals surface area contributed by atoms with Crippen molar-refractivity contribution < 1.29 is 22.3 Å². The van der Waals surface area contributed by atoms with Crippen LogP contribution in [0.15, 0.2) is 47.6 Å². The number of benzene rings is 1. The fraction of sp³-hybridized carbons (Fsp3) is 0.353. The number of halogens is 1. The van der Waals surface area contributed by atoms with Crippen molar-refractivity contribution in [1.29, 1.82) is 0 Å². The molecule has 0 spiro atoms. The standard InChI is InChI=1S/C17H19FN2O4S/c1-13-4-5-16(9-17(13)18)25(21,22)20-7-8-23-15(11-20)12-24-14-3-2-6-19-10-14/h2-6,9-10,15H,7-8,11-12H2,1H3. The molecular weight excluding hydrogens is 347 g/mol. The Balaban J connectivity index is 1.68. The quantitative estimate of drug-likeness (QED) is 0.810. The molecule has 0 N–H and O–H groups in total. The third kappa shape index (κ3) is 4.15. The van der Waals surface area contributed by atoms with Crippen LogP contribution in [0.2, 0.25) is 0 Å². The molecular formula is C17H19FN2O4S. The number of hydrogen-bond acceptors (Lipinski definition) is 5. The zero-order valence-electron chi connectivity index (χ0n) is 13.8. The van der Waals surface area contributed by atoms with E-state index in [1.165, 1.54) is 16.4 Å². The predicted octanol–water partition coefficient (Wildman–Crippen LogP) is 2.00. The van der Waals surface area contributed by atoms with Gasteiger partial charge in [0.25, 0.3) is 0 Å². The van der Waals surface area contributed by atoms with Crippen LogP contribution in [0.25, 0.3) is 0 Å². The molecule has 1 unspecified atom stereocenters. The maximum absolute atomic E-state index is 13.7. The Morgan fingerprint density at radius 1 is 1.40 bits per heavy atom. The lowest BCUT2D eigenvalue weighted by Crippen LogP contribution is -2.47. The number of nitrogens with zero attached hydrogens (tertiary/aromatic N) is 2. The highest BCUT2D eigenvalue weighted by Gasteiger charge is 2.31. The molecule has 1 aliphatic heterocycles. The second kappa shape index (κ2) is 7.47. The molecule has 1 aromatic carbocycles. The summed E-state index contributed by atoms with van der Waals surface area (Å²) in [6.07, 6.45) is 2.81. The van der Waals surface area contributed by atoms with Crippen molar-refractivity contribution in [3.05, 3.63) is 54.1 Å². The first kappa shape index (κ1) is 17.8. The van der Waals surface area contributed by atoms with E-state index in [1.54, 1.807) is 31.5 Å². The molecule has 6 nitrogen and oxygen atoms in total. The largest absolute Gasteiger partial charge is 0.489 e. The van der Waals surface area contributed by atoms with Crippen LogP contribution in [0.4, 0.5) is 4.39 Å². The molecule has 3 rings (SSSR count). The van der Waals surface area contributed by atoms with Gasteiger partial charge in [-0.2, -0.15) is 4.31 Å². The van der Waals surface area contributed by atoms with E-state index in [-0.39, 0.29) is 31.2 Å². The summed E-state index contributed by atoms with van der Waals surface area (Å²) in [5, 5.41) is 0. The smallest absolute Gasteiger partial charge is 0.243 e. The highest BCUT2D eigenvalue weighted by molar-refractivity contribution is 7.89. The van der Waals surface area contributed by atoms with Crippen molar-refractivity contribution in [3.63, 3.8) is 0 Å². The minimum absolute atomic E-state index is 0.0515. The van der Waals surface area contributed by atoms with Crippen LogP contribution in [0.3, 0.4) is 0 Å². The van der Waals surface area contributed by atoms with Crippen molar-refractivity contribution in [2.24, 2.45) is 0 Å². The number of aryl methyl sites for hydroxylation is 1. The van der Waals surface area contributed by atoms with Gasteiger partial charge < -0.3 is 9.47 Å². The van der Waals surface area contributed by atoms with Crippen LogP contribution in [0, 0.1) is 12.7 Å². The van der Waals surface area contributed by atoms with Gasteiger partial charge in [0, 0.05) is 19.3 Å². The van der Waals surface area contributed by atoms with E-state index in [4.69, 9.17) is 9.47 Å². The fourth-order valence-corrected chi connectivity index (χ4v) is 3.98. The van der Waals surface area contributed by atoms with E-state index in [0.29, 0.717) is 11.3 Å². The minimum Gasteiger partial charge on any atom is -0.489 e. The Bertz CT molecular complexity index is 830. The summed E-state index contributed by atoms with van der Waals surface area (Å²) in [5.41, 5.74) is 0.406. The average molecular weight is 366 g/mol. The number of rotatable bonds is 5. The van der Waals surface area contributed by atoms with Crippen molar-refractivity contribution in [2.75, 3.05) is 26.3 Å². The number of sulfonamides is 1. The van der Waals surface area contributed by atoms with Gasteiger partial charge in [-0.15, -0.1) is 0 Å². The maximum atomic E-state index is 13.7. The Hall–Kier alpha value is -2.03. The molecule has 8 heteroatoms. The molecule has 0 bridgehead atoms. The molecule has 1 saturated heterocycles. The SMILES string of the molecule is Cc1ccc(S(=O)(=O)N2CCOC(COc3cccnc3)C2)cc1F. The van der Waals surface area contributed by atoms with Gasteiger partial charge in [0.1, 0.15) is 24.3 Å². The zero-order chi connectivity index (χ0) is 17.9. The molecule has 0 radical (unpaired) electrons. The number of ether oxygens (including phenoxy) is 2. The monoisotopic (exact) mass is 366 g/mol. The Kier molecular flexibility index (Phi) is 5.31. The van der Waals surface area contributed by atoms with Gasteiger partial charge in [0.15, 0.2) is 0 Å². The first-order chi connectivity index (χ1) is 12.0. The van der Waals surface area contributed by atoms with E-state index in [2.05, 4.69) is 4.98 Å². The summed E-state index contributed by atoms with van der Waals surface area (Å²) < 4.78 is 51.6. The van der Waals surface area contributed by atoms with Crippen LogP contribution in [0.1, 0.15) is 5.56 Å². The zero-order valence-corrected chi connectivity index (χ0v) is 14.6. The molecule has 2 heterocycles. The first-order valence-electron chi connectivity index (χ1n) is 7.87. The first-order valence-corrected chi connectivity index (χ1v) is 9.31. The van der Waals surface area contributed by atoms with Crippen LogP contribution < -0.4 is 4.74 Å². The molecule has 1 atom stereocenters. The van der Waals surface area contributed by atoms with Gasteiger partial charge in [-0.25, -0.2) is 12.8 Å². The van der Waals surface area contributed by atoms with Crippen LogP contribution in [-0.4, -0.2) is 50.1 Å². The van der Waals surface area contributed by atoms with E-state index in [0.717, 1.165) is 6.07 Å². The number of pyridine rings is 1. The van der Waals surface area contributed by atoms with E-state index in [9.17, 15) is 12.8 Å². The van der Waals surface area contributed by atoms with Gasteiger partial charge in [-0.1, -0.05) is 6.07 Å². The Morgan fingerprint density at radius 2 is 2.24 bits per heavy atom. The molecule has 0 aliphatic carbocycles. The highest BCUT2D eigenvalue weighted by Crippen LogP contribution is 2.21. The van der Waals surface area contributed by atoms with Gasteiger partial charge in [0.05, 0.1) is 17.7 Å². The maximum Gasteiger partial charge on any atom is 0.243 e. The molecule has 0 saturated carbocycles. The average Bonchev–Trinajstić information content (AvgIpc) is 2.63. The van der Waals surface area contributed by atoms with E-state index >= 15 is 0 Å². The number of morpholine rings is 1. The molecule has 1 aliphatic rings. The lowest BCUT2D eigenvalue weighted by Gasteiger charge is -2.32. The third-order valence-corrected chi connectivity index (χ3v) is 5.81. The Labute approximate surface area is 146 Å². The molecule has 2 aromatic rings. The Morgan fingerprint density at radius 3 is 2.96 bits per heavy atom. The van der Waals surface area contributed by atoms with E-state index in [1.807, 2.05) is 0 Å². The van der Waals surface area contributed by atoms with Crippen molar-refractivity contribution >= 4 is 10.0 Å². The van der Waals surface area contributed by atoms with Crippen molar-refractivity contribution in [2.45, 2.75) is 17.9 Å². The lowest BCUT2D eigenvalue weighted by atomic mass is 10.2. The van der Waals surface area contributed by atoms with Gasteiger partial charge in [-0.05, 0) is 36.8 Å².